The molecule has 0 aromatic heterocycles. The Morgan fingerprint density at radius 3 is 2.90 bits per heavy atom. The predicted molar refractivity (Wildman–Crippen MR) is 81.2 cm³/mol. The van der Waals surface area contributed by atoms with Crippen LogP contribution < -0.4 is 9.47 Å². The molecule has 3 rings (SSSR count). The molecule has 1 atom stereocenters. The molecule has 1 aliphatic heterocycles. The molecule has 0 saturated heterocycles. The van der Waals surface area contributed by atoms with Crippen molar-refractivity contribution < 1.29 is 19.0 Å². The van der Waals surface area contributed by atoms with Gasteiger partial charge >= 0.3 is 5.97 Å². The highest BCUT2D eigenvalue weighted by Gasteiger charge is 2.47. The Balaban J connectivity index is 2.00. The second kappa shape index (κ2) is 5.56. The average molecular weight is 351 g/mol. The van der Waals surface area contributed by atoms with Crippen LogP contribution in [0.3, 0.4) is 0 Å². The number of hydrogen-bond acceptors (Lipinski definition) is 4. The third kappa shape index (κ3) is 2.58. The first-order valence-electron chi connectivity index (χ1n) is 6.75. The molecule has 110 valence electrons. The van der Waals surface area contributed by atoms with Crippen molar-refractivity contribution in [3.05, 3.63) is 46.5 Å². The number of hydrogen-bond donors (Lipinski definition) is 0. The number of ether oxygens (including phenoxy) is 3. The molecule has 0 bridgehead atoms. The molecule has 1 unspecified atom stereocenters. The zero-order valence-electron chi connectivity index (χ0n) is 11.6. The van der Waals surface area contributed by atoms with E-state index >= 15 is 0 Å². The zero-order valence-corrected chi connectivity index (χ0v) is 13.2. The summed E-state index contributed by atoms with van der Waals surface area (Å²) in [7, 11) is 1.36. The highest BCUT2D eigenvalue weighted by Crippen LogP contribution is 2.48. The highest BCUT2D eigenvalue weighted by molar-refractivity contribution is 9.10. The number of fused-ring (bicyclic) bond motifs is 1. The van der Waals surface area contributed by atoms with Crippen molar-refractivity contribution in [1.82, 2.24) is 0 Å². The van der Waals surface area contributed by atoms with Crippen LogP contribution in [0.2, 0.25) is 0 Å². The lowest BCUT2D eigenvalue weighted by Crippen LogP contribution is -2.43. The summed E-state index contributed by atoms with van der Waals surface area (Å²) in [4.78, 5) is 11.8. The first kappa shape index (κ1) is 14.2. The number of carbonyl (C=O) groups excluding carboxylic acids is 1. The summed E-state index contributed by atoms with van der Waals surface area (Å²) in [5.74, 6) is -0.288. The van der Waals surface area contributed by atoms with Crippen molar-refractivity contribution >= 4 is 21.9 Å². The minimum Gasteiger partial charge on any atom is -0.469 e. The number of rotatable bonds is 3. The number of methoxy groups -OCH3 is 1. The lowest BCUT2D eigenvalue weighted by Gasteiger charge is -2.29. The molecule has 1 aromatic rings. The maximum Gasteiger partial charge on any atom is 0.313 e. The second-order valence-electron chi connectivity index (χ2n) is 4.92. The highest BCUT2D eigenvalue weighted by atomic mass is 79.9. The van der Waals surface area contributed by atoms with Crippen molar-refractivity contribution in [2.45, 2.75) is 25.0 Å². The number of esters is 1. The van der Waals surface area contributed by atoms with Crippen LogP contribution in [-0.4, -0.2) is 18.9 Å². The maximum atomic E-state index is 11.8. The SMILES string of the molecule is COC(=O)CC1(C2=CCCC=C2)Oc2cccc(Br)c2O1. The van der Waals surface area contributed by atoms with E-state index in [0.29, 0.717) is 11.5 Å². The van der Waals surface area contributed by atoms with E-state index in [2.05, 4.69) is 22.0 Å². The minimum atomic E-state index is -1.14. The first-order valence-corrected chi connectivity index (χ1v) is 7.54. The third-order valence-corrected chi connectivity index (χ3v) is 4.14. The molecule has 21 heavy (non-hydrogen) atoms. The van der Waals surface area contributed by atoms with E-state index in [0.717, 1.165) is 22.9 Å². The van der Waals surface area contributed by atoms with Crippen LogP contribution >= 0.6 is 15.9 Å². The predicted octanol–water partition coefficient (Wildman–Crippen LogP) is 3.76. The third-order valence-electron chi connectivity index (χ3n) is 3.51. The number of benzene rings is 1. The topological polar surface area (TPSA) is 44.8 Å². The fraction of sp³-hybridized carbons (Fsp3) is 0.312. The smallest absolute Gasteiger partial charge is 0.313 e. The second-order valence-corrected chi connectivity index (χ2v) is 5.77. The quantitative estimate of drug-likeness (QED) is 0.778. The van der Waals surface area contributed by atoms with E-state index in [1.54, 1.807) is 0 Å². The molecule has 1 aliphatic carbocycles. The van der Waals surface area contributed by atoms with E-state index in [-0.39, 0.29) is 12.4 Å². The van der Waals surface area contributed by atoms with Gasteiger partial charge in [-0.2, -0.15) is 0 Å². The molecule has 0 spiro atoms. The molecule has 0 fully saturated rings. The van der Waals surface area contributed by atoms with Gasteiger partial charge in [-0.1, -0.05) is 24.3 Å². The fourth-order valence-electron chi connectivity index (χ4n) is 2.48. The lowest BCUT2D eigenvalue weighted by molar-refractivity contribution is -0.150. The number of allylic oxidation sites excluding steroid dienone is 2. The van der Waals surface area contributed by atoms with Crippen molar-refractivity contribution in [2.75, 3.05) is 7.11 Å². The van der Waals surface area contributed by atoms with Crippen molar-refractivity contribution in [2.24, 2.45) is 0 Å². The Bertz CT molecular complexity index is 635. The van der Waals surface area contributed by atoms with Crippen LogP contribution in [-0.2, 0) is 9.53 Å². The summed E-state index contributed by atoms with van der Waals surface area (Å²) >= 11 is 3.45. The van der Waals surface area contributed by atoms with Crippen LogP contribution in [0.5, 0.6) is 11.5 Å². The van der Waals surface area contributed by atoms with Crippen LogP contribution in [0.1, 0.15) is 19.3 Å². The Kier molecular flexibility index (Phi) is 3.76. The Morgan fingerprint density at radius 2 is 2.24 bits per heavy atom. The van der Waals surface area contributed by atoms with Gasteiger partial charge < -0.3 is 14.2 Å². The van der Waals surface area contributed by atoms with Gasteiger partial charge in [0.05, 0.1) is 11.6 Å². The summed E-state index contributed by atoms with van der Waals surface area (Å²) in [6.45, 7) is 0. The monoisotopic (exact) mass is 350 g/mol. The molecular formula is C16H15BrO4. The van der Waals surface area contributed by atoms with Gasteiger partial charge in [-0.25, -0.2) is 0 Å². The molecule has 0 amide bonds. The van der Waals surface area contributed by atoms with Gasteiger partial charge in [0.1, 0.15) is 6.42 Å². The van der Waals surface area contributed by atoms with Gasteiger partial charge in [0.15, 0.2) is 11.5 Å². The summed E-state index contributed by atoms with van der Waals surface area (Å²) in [6.07, 6.45) is 7.93. The molecule has 0 saturated carbocycles. The lowest BCUT2D eigenvalue weighted by atomic mass is 9.96. The minimum absolute atomic E-state index is 0.000787. The summed E-state index contributed by atoms with van der Waals surface area (Å²) < 4.78 is 17.7. The molecule has 2 aliphatic rings. The molecule has 1 heterocycles. The van der Waals surface area contributed by atoms with Gasteiger partial charge in [0, 0.05) is 5.57 Å². The van der Waals surface area contributed by atoms with Gasteiger partial charge in [-0.15, -0.1) is 0 Å². The zero-order chi connectivity index (χ0) is 14.9. The Morgan fingerprint density at radius 1 is 1.38 bits per heavy atom. The maximum absolute atomic E-state index is 11.8. The van der Waals surface area contributed by atoms with E-state index in [1.165, 1.54) is 7.11 Å². The van der Waals surface area contributed by atoms with Crippen molar-refractivity contribution in [3.63, 3.8) is 0 Å². The van der Waals surface area contributed by atoms with Crippen LogP contribution in [0, 0.1) is 0 Å². The van der Waals surface area contributed by atoms with E-state index < -0.39 is 5.79 Å². The normalized spacial score (nSPS) is 22.9. The number of halogens is 1. The standard InChI is InChI=1S/C16H15BrO4/c1-19-14(18)10-16(11-6-3-2-4-7-11)20-13-9-5-8-12(17)15(13)21-16/h3,5-9H,2,4,10H2,1H3. The number of carbonyl (C=O) groups is 1. The fourth-order valence-corrected chi connectivity index (χ4v) is 2.91. The number of para-hydroxylation sites is 1. The van der Waals surface area contributed by atoms with Crippen molar-refractivity contribution in [3.8, 4) is 11.5 Å². The Labute approximate surface area is 131 Å². The van der Waals surface area contributed by atoms with Crippen LogP contribution in [0.15, 0.2) is 46.5 Å². The van der Waals surface area contributed by atoms with E-state index in [1.807, 2.05) is 30.4 Å². The molecule has 5 heteroatoms. The van der Waals surface area contributed by atoms with Crippen LogP contribution in [0.25, 0.3) is 0 Å². The summed E-state index contributed by atoms with van der Waals surface area (Å²) in [5.41, 5.74) is 0.849. The summed E-state index contributed by atoms with van der Waals surface area (Å²) in [6, 6.07) is 5.57. The van der Waals surface area contributed by atoms with E-state index in [9.17, 15) is 4.79 Å². The molecule has 1 aromatic carbocycles. The molecular weight excluding hydrogens is 336 g/mol. The van der Waals surface area contributed by atoms with Gasteiger partial charge in [0.2, 0.25) is 0 Å². The van der Waals surface area contributed by atoms with Crippen LogP contribution in [0.4, 0.5) is 0 Å². The van der Waals surface area contributed by atoms with Gasteiger partial charge in [-0.3, -0.25) is 4.79 Å². The molecule has 0 radical (unpaired) electrons. The summed E-state index contributed by atoms with van der Waals surface area (Å²) in [5, 5.41) is 0. The average Bonchev–Trinajstić information content (AvgIpc) is 2.89. The van der Waals surface area contributed by atoms with Crippen molar-refractivity contribution in [1.29, 1.82) is 0 Å². The van der Waals surface area contributed by atoms with Gasteiger partial charge in [-0.05, 0) is 40.9 Å². The molecule has 4 nitrogen and oxygen atoms in total. The largest absolute Gasteiger partial charge is 0.469 e. The van der Waals surface area contributed by atoms with Gasteiger partial charge in [0.25, 0.3) is 5.79 Å². The molecule has 0 N–H and O–H groups in total. The Hall–Kier alpha value is -1.75. The first-order chi connectivity index (χ1) is 10.1. The van der Waals surface area contributed by atoms with E-state index in [4.69, 9.17) is 14.2 Å².